The zero-order valence-corrected chi connectivity index (χ0v) is 30.0. The molecule has 0 saturated heterocycles. The molecule has 0 saturated carbocycles. The second-order valence-electron chi connectivity index (χ2n) is 11.7. The van der Waals surface area contributed by atoms with Crippen LogP contribution in [-0.2, 0) is 32.5 Å². The number of carbonyl (C=O) groups is 2. The van der Waals surface area contributed by atoms with Gasteiger partial charge in [-0.2, -0.15) is 0 Å². The average Bonchev–Trinajstić information content (AvgIpc) is 3.81. The van der Waals surface area contributed by atoms with Crippen LogP contribution in [0.5, 0.6) is 0 Å². The van der Waals surface area contributed by atoms with Gasteiger partial charge in [0.05, 0.1) is 10.6 Å². The fraction of sp³-hybridized carbons (Fsp3) is 0.278. The highest BCUT2D eigenvalue weighted by molar-refractivity contribution is 7.89. The van der Waals surface area contributed by atoms with Gasteiger partial charge in [0.15, 0.2) is 0 Å². The van der Waals surface area contributed by atoms with Gasteiger partial charge in [0.25, 0.3) is 10.0 Å². The number of anilines is 3. The number of thiophene rings is 2. The van der Waals surface area contributed by atoms with Crippen LogP contribution in [0.25, 0.3) is 11.3 Å². The van der Waals surface area contributed by atoms with Gasteiger partial charge in [0.2, 0.25) is 17.8 Å². The Morgan fingerprint density at radius 3 is 2.02 bits per heavy atom. The smallest absolute Gasteiger partial charge is 0.266 e. The summed E-state index contributed by atoms with van der Waals surface area (Å²) in [5, 5.41) is 10.1. The number of nitrogens with zero attached hydrogens (tertiary/aromatic N) is 4. The molecule has 0 radical (unpaired) electrons. The van der Waals surface area contributed by atoms with Crippen molar-refractivity contribution in [2.24, 2.45) is 0 Å². The number of amides is 2. The molecule has 2 amide bonds. The van der Waals surface area contributed by atoms with Gasteiger partial charge in [0, 0.05) is 58.8 Å². The molecule has 0 atom stereocenters. The molecule has 0 aliphatic rings. The number of sulfonamides is 1. The molecular weight excluding hydrogens is 677 g/mol. The van der Waals surface area contributed by atoms with Gasteiger partial charge in [-0.15, -0.1) is 22.7 Å². The van der Waals surface area contributed by atoms with Gasteiger partial charge in [-0.25, -0.2) is 22.7 Å². The largest absolute Gasteiger partial charge is 0.326 e. The molecule has 0 unspecified atom stereocenters. The zero-order valence-electron chi connectivity index (χ0n) is 27.5. The first-order valence-corrected chi connectivity index (χ1v) is 19.2. The summed E-state index contributed by atoms with van der Waals surface area (Å²) in [5.74, 6) is -0.0924. The molecule has 10 nitrogen and oxygen atoms in total. The lowest BCUT2D eigenvalue weighted by Gasteiger charge is -2.24. The molecule has 0 aliphatic carbocycles. The van der Waals surface area contributed by atoms with Crippen molar-refractivity contribution in [2.75, 3.05) is 37.8 Å². The Balaban J connectivity index is 1.18. The summed E-state index contributed by atoms with van der Waals surface area (Å²) in [6.45, 7) is 0.480. The number of nitrogens with one attached hydrogen (secondary N) is 2. The zero-order chi connectivity index (χ0) is 34.6. The van der Waals surface area contributed by atoms with Crippen molar-refractivity contribution >= 4 is 61.8 Å². The van der Waals surface area contributed by atoms with Crippen molar-refractivity contribution in [3.63, 3.8) is 0 Å². The van der Waals surface area contributed by atoms with Crippen LogP contribution in [-0.4, -0.2) is 66.6 Å². The summed E-state index contributed by atoms with van der Waals surface area (Å²) in [5.41, 5.74) is 2.84. The fourth-order valence-corrected chi connectivity index (χ4v) is 7.95. The van der Waals surface area contributed by atoms with E-state index in [0.717, 1.165) is 29.1 Å². The third-order valence-corrected chi connectivity index (χ3v) is 11.4. The Morgan fingerprint density at radius 2 is 1.41 bits per heavy atom. The second kappa shape index (κ2) is 17.3. The molecular formula is C36H40N6O4S3. The van der Waals surface area contributed by atoms with Crippen LogP contribution >= 0.6 is 22.7 Å². The molecule has 13 heteroatoms. The summed E-state index contributed by atoms with van der Waals surface area (Å²) in [4.78, 5) is 38.9. The molecule has 0 spiro atoms. The van der Waals surface area contributed by atoms with Crippen LogP contribution in [0, 0.1) is 0 Å². The molecule has 2 aromatic carbocycles. The number of likely N-dealkylation sites (N-methyl/N-ethyl adjacent to an activating group) is 1. The minimum atomic E-state index is -4.06. The van der Waals surface area contributed by atoms with Gasteiger partial charge < -0.3 is 15.5 Å². The lowest BCUT2D eigenvalue weighted by atomic mass is 10.1. The van der Waals surface area contributed by atoms with Crippen LogP contribution in [0.15, 0.2) is 101 Å². The van der Waals surface area contributed by atoms with Crippen molar-refractivity contribution in [3.8, 4) is 11.3 Å². The van der Waals surface area contributed by atoms with E-state index < -0.39 is 15.9 Å². The van der Waals surface area contributed by atoms with Crippen molar-refractivity contribution in [2.45, 2.75) is 43.4 Å². The number of aromatic nitrogens is 2. The van der Waals surface area contributed by atoms with Crippen molar-refractivity contribution in [1.29, 1.82) is 0 Å². The second-order valence-corrected chi connectivity index (χ2v) is 15.6. The van der Waals surface area contributed by atoms with Gasteiger partial charge in [-0.05, 0) is 105 Å². The summed E-state index contributed by atoms with van der Waals surface area (Å²) < 4.78 is 28.3. The van der Waals surface area contributed by atoms with Crippen LogP contribution in [0.4, 0.5) is 17.3 Å². The summed E-state index contributed by atoms with van der Waals surface area (Å²) in [7, 11) is -0.380. The Bertz CT molecular complexity index is 1900. The van der Waals surface area contributed by atoms with Gasteiger partial charge in [-0.3, -0.25) is 9.59 Å². The molecule has 0 fully saturated rings. The molecule has 3 aromatic heterocycles. The third-order valence-electron chi connectivity index (χ3n) is 7.65. The van der Waals surface area contributed by atoms with Crippen LogP contribution < -0.4 is 10.6 Å². The Kier molecular flexibility index (Phi) is 12.7. The predicted octanol–water partition coefficient (Wildman–Crippen LogP) is 7.07. The maximum atomic E-state index is 13.6. The normalized spacial score (nSPS) is 11.4. The maximum Gasteiger partial charge on any atom is 0.266 e. The quantitative estimate of drug-likeness (QED) is 0.105. The molecule has 256 valence electrons. The highest BCUT2D eigenvalue weighted by Crippen LogP contribution is 2.24. The Morgan fingerprint density at radius 1 is 0.776 bits per heavy atom. The molecule has 5 rings (SSSR count). The minimum Gasteiger partial charge on any atom is -0.326 e. The summed E-state index contributed by atoms with van der Waals surface area (Å²) >= 11 is 3.33. The van der Waals surface area contributed by atoms with Crippen molar-refractivity contribution < 1.29 is 18.0 Å². The summed E-state index contributed by atoms with van der Waals surface area (Å²) in [6.07, 6.45) is 5.24. The molecule has 2 N–H and O–H groups in total. The highest BCUT2D eigenvalue weighted by Gasteiger charge is 2.29. The predicted molar refractivity (Wildman–Crippen MR) is 198 cm³/mol. The lowest BCUT2D eigenvalue weighted by molar-refractivity contribution is -0.126. The number of rotatable bonds is 17. The van der Waals surface area contributed by atoms with E-state index in [0.29, 0.717) is 42.4 Å². The number of hydrogen-bond donors (Lipinski definition) is 2. The molecule has 5 aromatic rings. The average molecular weight is 717 g/mol. The topological polar surface area (TPSA) is 125 Å². The SMILES string of the molecule is CN(C)CCN(C(=O)CCCc1cccs1)S(=O)(=O)c1ccc(Nc2nccc(-c3ccc(NC(=O)CCCc4cccs4)cc3)n2)cc1. The fourth-order valence-electron chi connectivity index (χ4n) is 5.04. The van der Waals surface area contributed by atoms with E-state index in [-0.39, 0.29) is 23.8 Å². The van der Waals surface area contributed by atoms with E-state index in [4.69, 9.17) is 0 Å². The van der Waals surface area contributed by atoms with Gasteiger partial charge >= 0.3 is 0 Å². The first kappa shape index (κ1) is 35.9. The van der Waals surface area contributed by atoms with Crippen molar-refractivity contribution in [3.05, 3.63) is 106 Å². The lowest BCUT2D eigenvalue weighted by Crippen LogP contribution is -2.41. The molecule has 0 bridgehead atoms. The monoisotopic (exact) mass is 716 g/mol. The standard InChI is InChI=1S/C36H40N6O4S3/c1-41(2)23-24-42(35(44)12-4-8-31-10-6-26-48-31)49(45,46)32-19-17-29(18-20-32)39-36-37-22-21-33(40-36)27-13-15-28(16-14-27)38-34(43)11-3-7-30-9-5-25-47-30/h5-6,9-10,13-22,25-26H,3-4,7-8,11-12,23-24H2,1-2H3,(H,38,43)(H,37,39,40). The first-order chi connectivity index (χ1) is 23.7. The number of aryl methyl sites for hydroxylation is 2. The van der Waals surface area contributed by atoms with Crippen molar-refractivity contribution in [1.82, 2.24) is 19.2 Å². The molecule has 3 heterocycles. The van der Waals surface area contributed by atoms with Crippen LogP contribution in [0.2, 0.25) is 0 Å². The third kappa shape index (κ3) is 10.5. The van der Waals surface area contributed by atoms with Gasteiger partial charge in [-0.1, -0.05) is 24.3 Å². The highest BCUT2D eigenvalue weighted by atomic mass is 32.2. The van der Waals surface area contributed by atoms with Crippen LogP contribution in [0.3, 0.4) is 0 Å². The van der Waals surface area contributed by atoms with E-state index in [1.807, 2.05) is 72.2 Å². The maximum absolute atomic E-state index is 13.6. The number of benzene rings is 2. The summed E-state index contributed by atoms with van der Waals surface area (Å²) in [6, 6.07) is 23.6. The van der Waals surface area contributed by atoms with E-state index in [1.54, 1.807) is 47.1 Å². The number of hydrogen-bond acceptors (Lipinski definition) is 10. The van der Waals surface area contributed by atoms with Gasteiger partial charge in [0.1, 0.15) is 0 Å². The molecule has 0 aliphatic heterocycles. The van der Waals surface area contributed by atoms with E-state index in [2.05, 4.69) is 26.7 Å². The van der Waals surface area contributed by atoms with Crippen LogP contribution in [0.1, 0.15) is 35.4 Å². The van der Waals surface area contributed by atoms with E-state index in [9.17, 15) is 18.0 Å². The number of carbonyl (C=O) groups excluding carboxylic acids is 2. The Hall–Kier alpha value is -4.43. The van der Waals surface area contributed by atoms with E-state index in [1.165, 1.54) is 21.9 Å². The van der Waals surface area contributed by atoms with E-state index >= 15 is 0 Å². The molecule has 49 heavy (non-hydrogen) atoms. The first-order valence-electron chi connectivity index (χ1n) is 16.0. The Labute approximate surface area is 295 Å². The minimum absolute atomic E-state index is 0.0191.